The first-order valence-electron chi connectivity index (χ1n) is 10.7. The SMILES string of the molecule is Cc1ccc2cc(NC(=O)C(=O)c3cn(Cc4ccc(Cl)cc4)c4ccccc34)ccc2c1. The number of aromatic nitrogens is 1. The standard InChI is InChI=1S/C28H21ClN2O2/c1-18-6-9-21-15-23(13-10-20(21)14-18)30-28(33)27(32)25-17-31(26-5-3-2-4-24(25)26)16-19-7-11-22(29)12-8-19/h2-15,17H,16H2,1H3,(H,30,33). The van der Waals surface area contributed by atoms with Crippen LogP contribution in [0.3, 0.4) is 0 Å². The molecule has 0 aliphatic carbocycles. The fraction of sp³-hybridized carbons (Fsp3) is 0.0714. The van der Waals surface area contributed by atoms with Crippen LogP contribution in [-0.4, -0.2) is 16.3 Å². The predicted molar refractivity (Wildman–Crippen MR) is 134 cm³/mol. The molecule has 1 aromatic heterocycles. The fourth-order valence-corrected chi connectivity index (χ4v) is 4.22. The molecule has 0 saturated carbocycles. The Labute approximate surface area is 196 Å². The normalized spacial score (nSPS) is 11.1. The number of halogens is 1. The maximum atomic E-state index is 13.1. The molecule has 0 aliphatic rings. The minimum absolute atomic E-state index is 0.383. The van der Waals surface area contributed by atoms with E-state index in [-0.39, 0.29) is 0 Å². The van der Waals surface area contributed by atoms with Crippen LogP contribution in [0.5, 0.6) is 0 Å². The highest BCUT2D eigenvalue weighted by Crippen LogP contribution is 2.25. The smallest absolute Gasteiger partial charge is 0.296 e. The van der Waals surface area contributed by atoms with Crippen molar-refractivity contribution in [1.29, 1.82) is 0 Å². The molecule has 0 aliphatic heterocycles. The van der Waals surface area contributed by atoms with Crippen LogP contribution in [-0.2, 0) is 11.3 Å². The van der Waals surface area contributed by atoms with Gasteiger partial charge in [0.2, 0.25) is 0 Å². The van der Waals surface area contributed by atoms with E-state index in [9.17, 15) is 9.59 Å². The Bertz CT molecular complexity index is 1520. The zero-order chi connectivity index (χ0) is 22.9. The van der Waals surface area contributed by atoms with E-state index in [1.54, 1.807) is 6.20 Å². The first-order valence-corrected chi connectivity index (χ1v) is 11.0. The Morgan fingerprint density at radius 1 is 0.879 bits per heavy atom. The van der Waals surface area contributed by atoms with Crippen LogP contribution in [0.1, 0.15) is 21.5 Å². The molecule has 4 aromatic carbocycles. The van der Waals surface area contributed by atoms with Gasteiger partial charge < -0.3 is 9.88 Å². The van der Waals surface area contributed by atoms with Gasteiger partial charge in [-0.05, 0) is 53.6 Å². The summed E-state index contributed by atoms with van der Waals surface area (Å²) < 4.78 is 1.98. The number of fused-ring (bicyclic) bond motifs is 2. The van der Waals surface area contributed by atoms with E-state index in [4.69, 9.17) is 11.6 Å². The first-order chi connectivity index (χ1) is 16.0. The minimum Gasteiger partial charge on any atom is -0.342 e. The van der Waals surface area contributed by atoms with Crippen LogP contribution in [0.15, 0.2) is 91.1 Å². The van der Waals surface area contributed by atoms with E-state index in [2.05, 4.69) is 11.4 Å². The number of carbonyl (C=O) groups excluding carboxylic acids is 2. The van der Waals surface area contributed by atoms with Gasteiger partial charge in [0.1, 0.15) is 0 Å². The third-order valence-corrected chi connectivity index (χ3v) is 6.01. The number of benzene rings is 4. The molecule has 4 nitrogen and oxygen atoms in total. The summed E-state index contributed by atoms with van der Waals surface area (Å²) in [6, 6.07) is 26.9. The number of rotatable bonds is 5. The molecule has 0 bridgehead atoms. The molecule has 0 fully saturated rings. The van der Waals surface area contributed by atoms with Crippen LogP contribution in [0.4, 0.5) is 5.69 Å². The summed E-state index contributed by atoms with van der Waals surface area (Å²) in [5.74, 6) is -1.22. The van der Waals surface area contributed by atoms with Gasteiger partial charge in [0.25, 0.3) is 11.7 Å². The van der Waals surface area contributed by atoms with Gasteiger partial charge in [-0.25, -0.2) is 0 Å². The zero-order valence-corrected chi connectivity index (χ0v) is 18.8. The highest BCUT2D eigenvalue weighted by molar-refractivity contribution is 6.48. The predicted octanol–water partition coefficient (Wildman–Crippen LogP) is 6.63. The van der Waals surface area contributed by atoms with Gasteiger partial charge >= 0.3 is 0 Å². The number of hydrogen-bond donors (Lipinski definition) is 1. The number of hydrogen-bond acceptors (Lipinski definition) is 2. The molecule has 5 rings (SSSR count). The number of aryl methyl sites for hydroxylation is 1. The summed E-state index contributed by atoms with van der Waals surface area (Å²) in [5.41, 5.74) is 4.09. The molecule has 1 N–H and O–H groups in total. The van der Waals surface area contributed by atoms with Crippen molar-refractivity contribution in [1.82, 2.24) is 4.57 Å². The van der Waals surface area contributed by atoms with Crippen molar-refractivity contribution >= 4 is 50.7 Å². The molecule has 5 aromatic rings. The molecule has 0 radical (unpaired) electrons. The lowest BCUT2D eigenvalue weighted by molar-refractivity contribution is -0.112. The average Bonchev–Trinajstić information content (AvgIpc) is 3.18. The second-order valence-corrected chi connectivity index (χ2v) is 8.60. The molecule has 1 amide bonds. The lowest BCUT2D eigenvalue weighted by Crippen LogP contribution is -2.22. The van der Waals surface area contributed by atoms with E-state index in [1.165, 1.54) is 5.56 Å². The Morgan fingerprint density at radius 2 is 1.61 bits per heavy atom. The van der Waals surface area contributed by atoms with Crippen molar-refractivity contribution in [2.24, 2.45) is 0 Å². The summed E-state index contributed by atoms with van der Waals surface area (Å²) in [4.78, 5) is 26.0. The highest BCUT2D eigenvalue weighted by Gasteiger charge is 2.22. The number of amides is 1. The Hall–Kier alpha value is -3.89. The molecule has 1 heterocycles. The maximum Gasteiger partial charge on any atom is 0.296 e. The van der Waals surface area contributed by atoms with Crippen molar-refractivity contribution in [2.75, 3.05) is 5.32 Å². The summed E-state index contributed by atoms with van der Waals surface area (Å²) >= 11 is 6.00. The Kier molecular flexibility index (Phi) is 5.45. The molecular weight excluding hydrogens is 432 g/mol. The van der Waals surface area contributed by atoms with Crippen LogP contribution in [0, 0.1) is 6.92 Å². The Balaban J connectivity index is 1.43. The maximum absolute atomic E-state index is 13.1. The number of anilines is 1. The molecule has 162 valence electrons. The van der Waals surface area contributed by atoms with Gasteiger partial charge in [0, 0.05) is 34.4 Å². The molecule has 5 heteroatoms. The minimum atomic E-state index is -0.657. The number of Topliss-reactive ketones (excluding diaryl/α,β-unsaturated/α-hetero) is 1. The number of ketones is 1. The number of para-hydroxylation sites is 1. The van der Waals surface area contributed by atoms with Crippen molar-refractivity contribution in [2.45, 2.75) is 13.5 Å². The molecule has 0 spiro atoms. The second kappa shape index (κ2) is 8.57. The summed E-state index contributed by atoms with van der Waals surface area (Å²) in [5, 5.41) is 6.28. The molecule has 33 heavy (non-hydrogen) atoms. The van der Waals surface area contributed by atoms with E-state index >= 15 is 0 Å². The quantitative estimate of drug-likeness (QED) is 0.240. The van der Waals surface area contributed by atoms with E-state index in [1.807, 2.05) is 90.4 Å². The second-order valence-electron chi connectivity index (χ2n) is 8.16. The average molecular weight is 453 g/mol. The molecule has 0 atom stereocenters. The van der Waals surface area contributed by atoms with Crippen molar-refractivity contribution in [3.63, 3.8) is 0 Å². The van der Waals surface area contributed by atoms with Crippen molar-refractivity contribution in [3.05, 3.63) is 113 Å². The summed E-state index contributed by atoms with van der Waals surface area (Å²) in [7, 11) is 0. The number of nitrogens with one attached hydrogen (secondary N) is 1. The summed E-state index contributed by atoms with van der Waals surface area (Å²) in [6.45, 7) is 2.61. The van der Waals surface area contributed by atoms with Crippen LogP contribution >= 0.6 is 11.6 Å². The largest absolute Gasteiger partial charge is 0.342 e. The van der Waals surface area contributed by atoms with Crippen LogP contribution in [0.2, 0.25) is 5.02 Å². The van der Waals surface area contributed by atoms with Gasteiger partial charge in [0.15, 0.2) is 0 Å². The third-order valence-electron chi connectivity index (χ3n) is 5.76. The van der Waals surface area contributed by atoms with Gasteiger partial charge in [-0.2, -0.15) is 0 Å². The molecule has 0 unspecified atom stereocenters. The topological polar surface area (TPSA) is 51.1 Å². The van der Waals surface area contributed by atoms with Gasteiger partial charge in [0.05, 0.1) is 5.56 Å². The lowest BCUT2D eigenvalue weighted by Gasteiger charge is -2.06. The van der Waals surface area contributed by atoms with Gasteiger partial charge in [-0.1, -0.05) is 71.8 Å². The van der Waals surface area contributed by atoms with E-state index in [0.29, 0.717) is 22.8 Å². The molecule has 0 saturated heterocycles. The molecular formula is C28H21ClN2O2. The first kappa shape index (κ1) is 21.0. The number of carbonyl (C=O) groups is 2. The van der Waals surface area contributed by atoms with Crippen molar-refractivity contribution < 1.29 is 9.59 Å². The zero-order valence-electron chi connectivity index (χ0n) is 18.0. The van der Waals surface area contributed by atoms with Crippen LogP contribution in [0.25, 0.3) is 21.7 Å². The van der Waals surface area contributed by atoms with E-state index < -0.39 is 11.7 Å². The lowest BCUT2D eigenvalue weighted by atomic mass is 10.1. The van der Waals surface area contributed by atoms with Crippen LogP contribution < -0.4 is 5.32 Å². The van der Waals surface area contributed by atoms with Gasteiger partial charge in [-0.15, -0.1) is 0 Å². The third kappa shape index (κ3) is 4.26. The van der Waals surface area contributed by atoms with E-state index in [0.717, 1.165) is 27.2 Å². The van der Waals surface area contributed by atoms with Crippen molar-refractivity contribution in [3.8, 4) is 0 Å². The number of nitrogens with zero attached hydrogens (tertiary/aromatic N) is 1. The van der Waals surface area contributed by atoms with Gasteiger partial charge in [-0.3, -0.25) is 9.59 Å². The Morgan fingerprint density at radius 3 is 2.42 bits per heavy atom. The monoisotopic (exact) mass is 452 g/mol. The summed E-state index contributed by atoms with van der Waals surface area (Å²) in [6.07, 6.45) is 1.75. The highest BCUT2D eigenvalue weighted by atomic mass is 35.5. The fourth-order valence-electron chi connectivity index (χ4n) is 4.10.